The van der Waals surface area contributed by atoms with E-state index in [1.165, 1.54) is 17.3 Å². The number of hydrogen-bond acceptors (Lipinski definition) is 5. The van der Waals surface area contributed by atoms with Gasteiger partial charge in [0.2, 0.25) is 11.8 Å². The predicted octanol–water partition coefficient (Wildman–Crippen LogP) is 4.83. The molecule has 146 valence electrons. The molecule has 0 saturated heterocycles. The zero-order valence-corrected chi connectivity index (χ0v) is 17.4. The van der Waals surface area contributed by atoms with Crippen LogP contribution in [0.3, 0.4) is 0 Å². The van der Waals surface area contributed by atoms with E-state index in [-0.39, 0.29) is 16.6 Å². The Hall–Kier alpha value is -2.60. The fourth-order valence-corrected chi connectivity index (χ4v) is 3.33. The Labute approximate surface area is 170 Å². The summed E-state index contributed by atoms with van der Waals surface area (Å²) in [5.74, 6) is 0.392. The first kappa shape index (κ1) is 20.1. The lowest BCUT2D eigenvalue weighted by molar-refractivity contribution is -0.120. The Morgan fingerprint density at radius 1 is 1.07 bits per heavy atom. The number of benzene rings is 2. The maximum atomic E-state index is 12.3. The first-order chi connectivity index (χ1) is 13.3. The third-order valence-corrected chi connectivity index (χ3v) is 5.29. The summed E-state index contributed by atoms with van der Waals surface area (Å²) < 4.78 is 5.74. The SMILES string of the molecule is CC(Sc1nnc(-c2ccc(C(C)(C)C)cc2)o1)C(=O)NCc1ccccc1. The van der Waals surface area contributed by atoms with E-state index in [9.17, 15) is 4.79 Å². The van der Waals surface area contributed by atoms with Crippen LogP contribution < -0.4 is 5.32 Å². The molecule has 0 spiro atoms. The molecule has 1 atom stereocenters. The molecule has 5 nitrogen and oxygen atoms in total. The van der Waals surface area contributed by atoms with Crippen LogP contribution in [0.25, 0.3) is 11.5 Å². The molecule has 6 heteroatoms. The van der Waals surface area contributed by atoms with Crippen molar-refractivity contribution in [3.8, 4) is 11.5 Å². The van der Waals surface area contributed by atoms with Gasteiger partial charge in [0.1, 0.15) is 0 Å². The van der Waals surface area contributed by atoms with Gasteiger partial charge in [0, 0.05) is 12.1 Å². The summed E-state index contributed by atoms with van der Waals surface area (Å²) in [5.41, 5.74) is 3.27. The molecule has 0 bridgehead atoms. The lowest BCUT2D eigenvalue weighted by atomic mass is 9.87. The molecule has 0 aliphatic rings. The highest BCUT2D eigenvalue weighted by atomic mass is 32.2. The number of hydrogen-bond donors (Lipinski definition) is 1. The van der Waals surface area contributed by atoms with E-state index in [4.69, 9.17) is 4.42 Å². The van der Waals surface area contributed by atoms with Crippen LogP contribution in [-0.2, 0) is 16.8 Å². The van der Waals surface area contributed by atoms with Crippen LogP contribution in [0.4, 0.5) is 0 Å². The lowest BCUT2D eigenvalue weighted by Gasteiger charge is -2.18. The normalized spacial score (nSPS) is 12.6. The molecular formula is C22H25N3O2S. The van der Waals surface area contributed by atoms with Crippen molar-refractivity contribution in [2.45, 2.75) is 50.1 Å². The number of nitrogens with one attached hydrogen (secondary N) is 1. The highest BCUT2D eigenvalue weighted by Gasteiger charge is 2.19. The molecule has 3 rings (SSSR count). The third kappa shape index (κ3) is 5.23. The van der Waals surface area contributed by atoms with Crippen LogP contribution in [0.2, 0.25) is 0 Å². The van der Waals surface area contributed by atoms with Gasteiger partial charge in [0.25, 0.3) is 5.22 Å². The van der Waals surface area contributed by atoms with Crippen molar-refractivity contribution in [1.82, 2.24) is 15.5 Å². The van der Waals surface area contributed by atoms with Crippen molar-refractivity contribution in [3.63, 3.8) is 0 Å². The largest absolute Gasteiger partial charge is 0.411 e. The van der Waals surface area contributed by atoms with Crippen molar-refractivity contribution in [1.29, 1.82) is 0 Å². The molecule has 0 radical (unpaired) electrons. The van der Waals surface area contributed by atoms with Gasteiger partial charge in [-0.25, -0.2) is 0 Å². The molecule has 1 aromatic heterocycles. The highest BCUT2D eigenvalue weighted by molar-refractivity contribution is 8.00. The van der Waals surface area contributed by atoms with Crippen molar-refractivity contribution >= 4 is 17.7 Å². The monoisotopic (exact) mass is 395 g/mol. The molecule has 0 fully saturated rings. The van der Waals surface area contributed by atoms with E-state index in [1.54, 1.807) is 0 Å². The fourth-order valence-electron chi connectivity index (χ4n) is 2.62. The molecule has 2 aromatic carbocycles. The first-order valence-electron chi connectivity index (χ1n) is 9.25. The average molecular weight is 396 g/mol. The Morgan fingerprint density at radius 2 is 1.75 bits per heavy atom. The van der Waals surface area contributed by atoms with E-state index in [0.29, 0.717) is 17.7 Å². The van der Waals surface area contributed by atoms with Gasteiger partial charge >= 0.3 is 0 Å². The van der Waals surface area contributed by atoms with E-state index in [0.717, 1.165) is 11.1 Å². The molecule has 28 heavy (non-hydrogen) atoms. The van der Waals surface area contributed by atoms with Crippen LogP contribution >= 0.6 is 11.8 Å². The zero-order chi connectivity index (χ0) is 20.1. The molecule has 0 aliphatic carbocycles. The van der Waals surface area contributed by atoms with Crippen molar-refractivity contribution in [2.24, 2.45) is 0 Å². The lowest BCUT2D eigenvalue weighted by Crippen LogP contribution is -2.30. The minimum absolute atomic E-state index is 0.0665. The summed E-state index contributed by atoms with van der Waals surface area (Å²) >= 11 is 1.26. The smallest absolute Gasteiger partial charge is 0.277 e. The van der Waals surface area contributed by atoms with Gasteiger partial charge in [0.15, 0.2) is 0 Å². The van der Waals surface area contributed by atoms with Gasteiger partial charge < -0.3 is 9.73 Å². The van der Waals surface area contributed by atoms with Crippen molar-refractivity contribution in [2.75, 3.05) is 0 Å². The maximum Gasteiger partial charge on any atom is 0.277 e. The summed E-state index contributed by atoms with van der Waals surface area (Å²) in [6.45, 7) is 8.85. The van der Waals surface area contributed by atoms with E-state index in [2.05, 4.69) is 48.4 Å². The van der Waals surface area contributed by atoms with E-state index in [1.807, 2.05) is 49.4 Å². The predicted molar refractivity (Wildman–Crippen MR) is 112 cm³/mol. The molecule has 1 unspecified atom stereocenters. The first-order valence-corrected chi connectivity index (χ1v) is 10.1. The third-order valence-electron chi connectivity index (χ3n) is 4.36. The number of nitrogens with zero attached hydrogens (tertiary/aromatic N) is 2. The fraction of sp³-hybridized carbons (Fsp3) is 0.318. The van der Waals surface area contributed by atoms with Gasteiger partial charge in [-0.2, -0.15) is 0 Å². The number of aromatic nitrogens is 2. The molecular weight excluding hydrogens is 370 g/mol. The highest BCUT2D eigenvalue weighted by Crippen LogP contribution is 2.28. The van der Waals surface area contributed by atoms with Crippen molar-refractivity contribution in [3.05, 3.63) is 65.7 Å². The quantitative estimate of drug-likeness (QED) is 0.606. The van der Waals surface area contributed by atoms with Crippen molar-refractivity contribution < 1.29 is 9.21 Å². The van der Waals surface area contributed by atoms with Gasteiger partial charge in [-0.15, -0.1) is 10.2 Å². The zero-order valence-electron chi connectivity index (χ0n) is 16.6. The van der Waals surface area contributed by atoms with Crippen LogP contribution in [-0.4, -0.2) is 21.4 Å². The van der Waals surface area contributed by atoms with Gasteiger partial charge in [-0.05, 0) is 35.6 Å². The Bertz CT molecular complexity index is 915. The second-order valence-corrected chi connectivity index (χ2v) is 8.96. The molecule has 1 N–H and O–H groups in total. The average Bonchev–Trinajstić information content (AvgIpc) is 3.14. The topological polar surface area (TPSA) is 68.0 Å². The summed E-state index contributed by atoms with van der Waals surface area (Å²) in [6, 6.07) is 17.9. The Kier molecular flexibility index (Phi) is 6.19. The Balaban J connectivity index is 1.58. The number of thioether (sulfide) groups is 1. The number of carbonyl (C=O) groups excluding carboxylic acids is 1. The summed E-state index contributed by atoms with van der Waals surface area (Å²) in [4.78, 5) is 12.3. The summed E-state index contributed by atoms with van der Waals surface area (Å²) in [5, 5.41) is 11.2. The second kappa shape index (κ2) is 8.61. The molecule has 3 aromatic rings. The van der Waals surface area contributed by atoms with Crippen LogP contribution in [0.5, 0.6) is 0 Å². The van der Waals surface area contributed by atoms with Crippen LogP contribution in [0.15, 0.2) is 64.2 Å². The molecule has 1 heterocycles. The molecule has 0 saturated carbocycles. The second-order valence-electron chi connectivity index (χ2n) is 7.66. The maximum absolute atomic E-state index is 12.3. The van der Waals surface area contributed by atoms with E-state index < -0.39 is 0 Å². The molecule has 0 aliphatic heterocycles. The molecule has 1 amide bonds. The minimum atomic E-state index is -0.333. The number of rotatable bonds is 6. The van der Waals surface area contributed by atoms with Crippen LogP contribution in [0, 0.1) is 0 Å². The summed E-state index contributed by atoms with van der Waals surface area (Å²) in [6.07, 6.45) is 0. The number of amides is 1. The van der Waals surface area contributed by atoms with E-state index >= 15 is 0 Å². The standard InChI is InChI=1S/C22H25N3O2S/c1-15(19(26)23-14-16-8-6-5-7-9-16)28-21-25-24-20(27-21)17-10-12-18(13-11-17)22(2,3)4/h5-13,15H,14H2,1-4H3,(H,23,26). The van der Waals surface area contributed by atoms with Crippen LogP contribution in [0.1, 0.15) is 38.8 Å². The number of carbonyl (C=O) groups is 1. The van der Waals surface area contributed by atoms with Gasteiger partial charge in [-0.3, -0.25) is 4.79 Å². The minimum Gasteiger partial charge on any atom is -0.411 e. The Morgan fingerprint density at radius 3 is 2.39 bits per heavy atom. The van der Waals surface area contributed by atoms with Gasteiger partial charge in [-0.1, -0.05) is 75.0 Å². The summed E-state index contributed by atoms with van der Waals surface area (Å²) in [7, 11) is 0. The van der Waals surface area contributed by atoms with Gasteiger partial charge in [0.05, 0.1) is 5.25 Å².